The van der Waals surface area contributed by atoms with Crippen LogP contribution in [0, 0.1) is 0 Å². The Morgan fingerprint density at radius 3 is 3.10 bits per heavy atom. The van der Waals surface area contributed by atoms with E-state index >= 15 is 0 Å². The van der Waals surface area contributed by atoms with Gasteiger partial charge in [-0.2, -0.15) is 0 Å². The molecule has 0 saturated carbocycles. The number of hydrogen-bond donors (Lipinski definition) is 2. The number of nitrogens with zero attached hydrogens (tertiary/aromatic N) is 3. The van der Waals surface area contributed by atoms with Gasteiger partial charge >= 0.3 is 0 Å². The molecule has 0 atom stereocenters. The molecule has 3 rings (SSSR count). The summed E-state index contributed by atoms with van der Waals surface area (Å²) in [4.78, 5) is 27.9. The maximum Gasteiger partial charge on any atom is 0.292 e. The van der Waals surface area contributed by atoms with Crippen LogP contribution in [0.15, 0.2) is 29.1 Å². The summed E-state index contributed by atoms with van der Waals surface area (Å²) in [6.45, 7) is 2.10. The van der Waals surface area contributed by atoms with Crippen LogP contribution in [0.4, 0.5) is 5.82 Å². The zero-order chi connectivity index (χ0) is 14.7. The number of hydrogen-bond acceptors (Lipinski definition) is 5. The van der Waals surface area contributed by atoms with Crippen LogP contribution in [-0.2, 0) is 6.42 Å². The molecule has 21 heavy (non-hydrogen) atoms. The van der Waals surface area contributed by atoms with Gasteiger partial charge in [-0.1, -0.05) is 13.3 Å². The second kappa shape index (κ2) is 5.74. The van der Waals surface area contributed by atoms with Crippen molar-refractivity contribution in [1.29, 1.82) is 0 Å². The molecule has 3 heterocycles. The van der Waals surface area contributed by atoms with E-state index in [1.54, 1.807) is 12.1 Å². The van der Waals surface area contributed by atoms with E-state index in [0.717, 1.165) is 19.3 Å². The molecule has 0 bridgehead atoms. The Hall–Kier alpha value is -2.70. The quantitative estimate of drug-likeness (QED) is 0.750. The first-order valence-electron chi connectivity index (χ1n) is 6.82. The van der Waals surface area contributed by atoms with Crippen molar-refractivity contribution < 1.29 is 9.21 Å². The summed E-state index contributed by atoms with van der Waals surface area (Å²) in [7, 11) is 0. The minimum atomic E-state index is -0.351. The standard InChI is InChI=1S/C14H15N5O2/c1-2-3-6-10-17-12-11(15-8-16-12)13(18-10)19-14(20)9-5-4-7-21-9/h4-5,7-8H,2-3,6H2,1H3,(H2,15,16,17,18,19,20). The highest BCUT2D eigenvalue weighted by Crippen LogP contribution is 2.18. The van der Waals surface area contributed by atoms with Gasteiger partial charge in [0.15, 0.2) is 17.2 Å². The molecule has 0 radical (unpaired) electrons. The number of nitrogens with one attached hydrogen (secondary N) is 2. The molecule has 0 spiro atoms. The Morgan fingerprint density at radius 1 is 1.43 bits per heavy atom. The Balaban J connectivity index is 1.92. The van der Waals surface area contributed by atoms with Crippen molar-refractivity contribution in [2.24, 2.45) is 0 Å². The number of unbranched alkanes of at least 4 members (excludes halogenated alkanes) is 1. The van der Waals surface area contributed by atoms with E-state index in [1.165, 1.54) is 12.6 Å². The molecule has 0 unspecified atom stereocenters. The number of H-pyrrole nitrogens is 1. The number of furan rings is 1. The number of anilines is 1. The number of fused-ring (bicyclic) bond motifs is 1. The molecule has 0 aromatic carbocycles. The molecule has 2 N–H and O–H groups in total. The van der Waals surface area contributed by atoms with Gasteiger partial charge in [-0.05, 0) is 18.6 Å². The summed E-state index contributed by atoms with van der Waals surface area (Å²) in [6, 6.07) is 3.26. The molecule has 3 aromatic rings. The van der Waals surface area contributed by atoms with Crippen LogP contribution >= 0.6 is 0 Å². The third-order valence-corrected chi connectivity index (χ3v) is 3.06. The number of aromatic nitrogens is 4. The second-order valence-corrected chi connectivity index (χ2v) is 4.62. The van der Waals surface area contributed by atoms with Crippen molar-refractivity contribution in [3.05, 3.63) is 36.3 Å². The van der Waals surface area contributed by atoms with Gasteiger partial charge in [0.25, 0.3) is 5.91 Å². The number of imidazole rings is 1. The molecular formula is C14H15N5O2. The number of aryl methyl sites for hydroxylation is 1. The molecule has 7 heteroatoms. The number of amides is 1. The average molecular weight is 285 g/mol. The van der Waals surface area contributed by atoms with Gasteiger partial charge in [0.05, 0.1) is 12.6 Å². The van der Waals surface area contributed by atoms with Crippen molar-refractivity contribution in [3.63, 3.8) is 0 Å². The lowest BCUT2D eigenvalue weighted by Crippen LogP contribution is -2.14. The van der Waals surface area contributed by atoms with Crippen LogP contribution < -0.4 is 5.32 Å². The first-order valence-corrected chi connectivity index (χ1v) is 6.82. The Morgan fingerprint density at radius 2 is 2.33 bits per heavy atom. The van der Waals surface area contributed by atoms with Gasteiger partial charge in [0.1, 0.15) is 11.3 Å². The fraction of sp³-hybridized carbons (Fsp3) is 0.286. The maximum atomic E-state index is 12.1. The molecule has 7 nitrogen and oxygen atoms in total. The van der Waals surface area contributed by atoms with Gasteiger partial charge in [0, 0.05) is 6.42 Å². The first-order chi connectivity index (χ1) is 10.3. The van der Waals surface area contributed by atoms with E-state index in [1.807, 2.05) is 0 Å². The third-order valence-electron chi connectivity index (χ3n) is 3.06. The van der Waals surface area contributed by atoms with Gasteiger partial charge < -0.3 is 14.7 Å². The van der Waals surface area contributed by atoms with Crippen LogP contribution in [-0.4, -0.2) is 25.8 Å². The maximum absolute atomic E-state index is 12.1. The van der Waals surface area contributed by atoms with E-state index in [9.17, 15) is 4.79 Å². The molecule has 0 saturated heterocycles. The number of rotatable bonds is 5. The molecule has 0 aliphatic carbocycles. The Bertz CT molecular complexity index is 748. The Kier molecular flexibility index (Phi) is 3.63. The number of aromatic amines is 1. The van der Waals surface area contributed by atoms with Crippen molar-refractivity contribution in [2.45, 2.75) is 26.2 Å². The van der Waals surface area contributed by atoms with E-state index in [0.29, 0.717) is 22.8 Å². The van der Waals surface area contributed by atoms with Gasteiger partial charge in [-0.25, -0.2) is 15.0 Å². The lowest BCUT2D eigenvalue weighted by Gasteiger charge is -2.06. The van der Waals surface area contributed by atoms with Crippen molar-refractivity contribution in [2.75, 3.05) is 5.32 Å². The van der Waals surface area contributed by atoms with Crippen LogP contribution in [0.25, 0.3) is 11.2 Å². The zero-order valence-electron chi connectivity index (χ0n) is 11.6. The van der Waals surface area contributed by atoms with E-state index in [2.05, 4.69) is 32.2 Å². The molecule has 3 aromatic heterocycles. The highest BCUT2D eigenvalue weighted by molar-refractivity contribution is 6.05. The largest absolute Gasteiger partial charge is 0.459 e. The smallest absolute Gasteiger partial charge is 0.292 e. The van der Waals surface area contributed by atoms with Crippen molar-refractivity contribution in [1.82, 2.24) is 19.9 Å². The molecule has 1 amide bonds. The fourth-order valence-corrected chi connectivity index (χ4v) is 1.99. The van der Waals surface area contributed by atoms with Crippen molar-refractivity contribution in [3.8, 4) is 0 Å². The average Bonchev–Trinajstić information content (AvgIpc) is 3.15. The number of carbonyl (C=O) groups excluding carboxylic acids is 1. The molecule has 0 fully saturated rings. The monoisotopic (exact) mass is 285 g/mol. The minimum absolute atomic E-state index is 0.233. The molecule has 0 aliphatic rings. The van der Waals surface area contributed by atoms with Gasteiger partial charge in [-0.3, -0.25) is 4.79 Å². The summed E-state index contributed by atoms with van der Waals surface area (Å²) in [5.74, 6) is 0.976. The highest BCUT2D eigenvalue weighted by atomic mass is 16.3. The molecule has 108 valence electrons. The Labute approximate surface area is 120 Å². The predicted octanol–water partition coefficient (Wildman–Crippen LogP) is 2.54. The normalized spacial score (nSPS) is 10.9. The predicted molar refractivity (Wildman–Crippen MR) is 77.0 cm³/mol. The summed E-state index contributed by atoms with van der Waals surface area (Å²) in [6.07, 6.45) is 5.78. The zero-order valence-corrected chi connectivity index (χ0v) is 11.6. The molecular weight excluding hydrogens is 270 g/mol. The van der Waals surface area contributed by atoms with Crippen LogP contribution in [0.2, 0.25) is 0 Å². The summed E-state index contributed by atoms with van der Waals surface area (Å²) in [5.41, 5.74) is 1.15. The van der Waals surface area contributed by atoms with Crippen LogP contribution in [0.1, 0.15) is 36.1 Å². The van der Waals surface area contributed by atoms with E-state index in [4.69, 9.17) is 4.42 Å². The first kappa shape index (κ1) is 13.3. The lowest BCUT2D eigenvalue weighted by atomic mass is 10.2. The highest BCUT2D eigenvalue weighted by Gasteiger charge is 2.15. The number of carbonyl (C=O) groups is 1. The van der Waals surface area contributed by atoms with Crippen molar-refractivity contribution >= 4 is 22.9 Å². The van der Waals surface area contributed by atoms with Crippen LogP contribution in [0.3, 0.4) is 0 Å². The summed E-state index contributed by atoms with van der Waals surface area (Å²) >= 11 is 0. The summed E-state index contributed by atoms with van der Waals surface area (Å²) < 4.78 is 5.07. The fourth-order valence-electron chi connectivity index (χ4n) is 1.99. The lowest BCUT2D eigenvalue weighted by molar-refractivity contribution is 0.0996. The summed E-state index contributed by atoms with van der Waals surface area (Å²) in [5, 5.41) is 2.74. The van der Waals surface area contributed by atoms with E-state index in [-0.39, 0.29) is 11.7 Å². The third kappa shape index (κ3) is 2.76. The van der Waals surface area contributed by atoms with E-state index < -0.39 is 0 Å². The minimum Gasteiger partial charge on any atom is -0.459 e. The van der Waals surface area contributed by atoms with Crippen LogP contribution in [0.5, 0.6) is 0 Å². The topological polar surface area (TPSA) is 96.7 Å². The SMILES string of the molecule is CCCCc1nc(NC(=O)c2ccco2)c2[nH]cnc2n1. The van der Waals surface area contributed by atoms with Gasteiger partial charge in [0.2, 0.25) is 0 Å². The second-order valence-electron chi connectivity index (χ2n) is 4.62. The van der Waals surface area contributed by atoms with Gasteiger partial charge in [-0.15, -0.1) is 0 Å². The molecule has 0 aliphatic heterocycles.